The summed E-state index contributed by atoms with van der Waals surface area (Å²) < 4.78 is 21.0. The second kappa shape index (κ2) is 8.84. The maximum Gasteiger partial charge on any atom is 0.257 e. The Labute approximate surface area is 169 Å². The van der Waals surface area contributed by atoms with Gasteiger partial charge in [-0.2, -0.15) is 0 Å². The van der Waals surface area contributed by atoms with Gasteiger partial charge in [0.2, 0.25) is 0 Å². The van der Waals surface area contributed by atoms with Crippen molar-refractivity contribution < 1.29 is 13.9 Å². The molecule has 148 valence electrons. The highest BCUT2D eigenvalue weighted by atomic mass is 19.1. The van der Waals surface area contributed by atoms with Crippen LogP contribution in [0, 0.1) is 5.82 Å². The van der Waals surface area contributed by atoms with Gasteiger partial charge in [-0.25, -0.2) is 4.39 Å². The van der Waals surface area contributed by atoms with Crippen LogP contribution in [0.15, 0.2) is 73.1 Å². The SMILES string of the molecule is O=C(c1cccc(-c2ccccc2)c1F)N1CCNCC1COc1cccnc1. The summed E-state index contributed by atoms with van der Waals surface area (Å²) >= 11 is 0. The van der Waals surface area contributed by atoms with Crippen LogP contribution in [0.1, 0.15) is 10.4 Å². The molecule has 0 aliphatic carbocycles. The van der Waals surface area contributed by atoms with Crippen molar-refractivity contribution in [3.8, 4) is 16.9 Å². The molecule has 1 atom stereocenters. The van der Waals surface area contributed by atoms with E-state index >= 15 is 4.39 Å². The standard InChI is InChI=1S/C23H22FN3O2/c24-22-20(17-6-2-1-3-7-17)9-4-10-21(22)23(28)27-13-12-26-14-18(27)16-29-19-8-5-11-25-15-19/h1-11,15,18,26H,12-14,16H2. The van der Waals surface area contributed by atoms with E-state index in [-0.39, 0.29) is 17.5 Å². The average Bonchev–Trinajstić information content (AvgIpc) is 2.79. The molecule has 1 aliphatic heterocycles. The summed E-state index contributed by atoms with van der Waals surface area (Å²) in [5, 5.41) is 3.28. The van der Waals surface area contributed by atoms with Gasteiger partial charge in [0.25, 0.3) is 5.91 Å². The predicted molar refractivity (Wildman–Crippen MR) is 109 cm³/mol. The quantitative estimate of drug-likeness (QED) is 0.725. The Hall–Kier alpha value is -3.25. The third kappa shape index (κ3) is 4.27. The molecule has 0 spiro atoms. The van der Waals surface area contributed by atoms with E-state index in [0.717, 1.165) is 5.56 Å². The van der Waals surface area contributed by atoms with Gasteiger partial charge < -0.3 is 15.0 Å². The van der Waals surface area contributed by atoms with E-state index in [1.54, 1.807) is 41.6 Å². The summed E-state index contributed by atoms with van der Waals surface area (Å²) in [4.78, 5) is 18.9. The van der Waals surface area contributed by atoms with Crippen LogP contribution in [-0.4, -0.2) is 48.1 Å². The van der Waals surface area contributed by atoms with Crippen LogP contribution in [0.4, 0.5) is 4.39 Å². The summed E-state index contributed by atoms with van der Waals surface area (Å²) in [6.07, 6.45) is 3.30. The highest BCUT2D eigenvalue weighted by molar-refractivity contribution is 5.96. The third-order valence-electron chi connectivity index (χ3n) is 5.00. The molecule has 3 aromatic rings. The topological polar surface area (TPSA) is 54.5 Å². The molecule has 6 heteroatoms. The van der Waals surface area contributed by atoms with Gasteiger partial charge in [-0.3, -0.25) is 9.78 Å². The highest BCUT2D eigenvalue weighted by Gasteiger charge is 2.30. The third-order valence-corrected chi connectivity index (χ3v) is 5.00. The second-order valence-electron chi connectivity index (χ2n) is 6.89. The number of ether oxygens (including phenoxy) is 1. The lowest BCUT2D eigenvalue weighted by Crippen LogP contribution is -2.56. The summed E-state index contributed by atoms with van der Waals surface area (Å²) in [7, 11) is 0. The van der Waals surface area contributed by atoms with Crippen molar-refractivity contribution in [3.63, 3.8) is 0 Å². The zero-order chi connectivity index (χ0) is 20.1. The van der Waals surface area contributed by atoms with Crippen molar-refractivity contribution in [2.45, 2.75) is 6.04 Å². The van der Waals surface area contributed by atoms with Crippen molar-refractivity contribution in [2.75, 3.05) is 26.2 Å². The molecule has 0 bridgehead atoms. The average molecular weight is 391 g/mol. The monoisotopic (exact) mass is 391 g/mol. The summed E-state index contributed by atoms with van der Waals surface area (Å²) in [5.41, 5.74) is 1.26. The first-order chi connectivity index (χ1) is 14.2. The number of nitrogens with one attached hydrogen (secondary N) is 1. The summed E-state index contributed by atoms with van der Waals surface area (Å²) in [6, 6.07) is 17.6. The number of piperazine rings is 1. The van der Waals surface area contributed by atoms with E-state index in [2.05, 4.69) is 10.3 Å². The van der Waals surface area contributed by atoms with Crippen LogP contribution >= 0.6 is 0 Å². The molecule has 1 aliphatic rings. The minimum absolute atomic E-state index is 0.0830. The number of rotatable bonds is 5. The van der Waals surface area contributed by atoms with E-state index in [1.807, 2.05) is 36.4 Å². The number of benzene rings is 2. The van der Waals surface area contributed by atoms with Gasteiger partial charge in [-0.05, 0) is 23.8 Å². The van der Waals surface area contributed by atoms with Gasteiger partial charge in [0.15, 0.2) is 0 Å². The Morgan fingerprint density at radius 2 is 2.00 bits per heavy atom. The molecule has 5 nitrogen and oxygen atoms in total. The largest absolute Gasteiger partial charge is 0.490 e. The number of amides is 1. The zero-order valence-electron chi connectivity index (χ0n) is 15.9. The van der Waals surface area contributed by atoms with E-state index in [9.17, 15) is 4.79 Å². The molecule has 1 aromatic heterocycles. The molecular formula is C23H22FN3O2. The Morgan fingerprint density at radius 3 is 2.79 bits per heavy atom. The van der Waals surface area contributed by atoms with E-state index < -0.39 is 5.82 Å². The Bertz CT molecular complexity index is 966. The van der Waals surface area contributed by atoms with Crippen LogP contribution in [0.5, 0.6) is 5.75 Å². The van der Waals surface area contributed by atoms with Crippen LogP contribution in [0.3, 0.4) is 0 Å². The van der Waals surface area contributed by atoms with Crippen molar-refractivity contribution in [3.05, 3.63) is 84.4 Å². The Morgan fingerprint density at radius 1 is 1.14 bits per heavy atom. The first-order valence-electron chi connectivity index (χ1n) is 9.62. The van der Waals surface area contributed by atoms with E-state index in [0.29, 0.717) is 37.6 Å². The molecular weight excluding hydrogens is 369 g/mol. The number of nitrogens with zero attached hydrogens (tertiary/aromatic N) is 2. The number of carbonyl (C=O) groups is 1. The van der Waals surface area contributed by atoms with Crippen molar-refractivity contribution >= 4 is 5.91 Å². The molecule has 1 unspecified atom stereocenters. The molecule has 0 saturated carbocycles. The van der Waals surface area contributed by atoms with Crippen LogP contribution in [0.2, 0.25) is 0 Å². The lowest BCUT2D eigenvalue weighted by Gasteiger charge is -2.36. The molecule has 1 amide bonds. The maximum absolute atomic E-state index is 15.2. The summed E-state index contributed by atoms with van der Waals surface area (Å²) in [5.74, 6) is -0.168. The first-order valence-corrected chi connectivity index (χ1v) is 9.62. The molecule has 4 rings (SSSR count). The van der Waals surface area contributed by atoms with Crippen molar-refractivity contribution in [1.82, 2.24) is 15.2 Å². The second-order valence-corrected chi connectivity index (χ2v) is 6.89. The van der Waals surface area contributed by atoms with Crippen LogP contribution in [-0.2, 0) is 0 Å². The number of aromatic nitrogens is 1. The number of hydrogen-bond donors (Lipinski definition) is 1. The number of carbonyl (C=O) groups excluding carboxylic acids is 1. The number of halogens is 1. The fourth-order valence-electron chi connectivity index (χ4n) is 3.49. The smallest absolute Gasteiger partial charge is 0.257 e. The molecule has 2 heterocycles. The maximum atomic E-state index is 15.2. The van der Waals surface area contributed by atoms with E-state index in [1.165, 1.54) is 0 Å². The molecule has 0 radical (unpaired) electrons. The predicted octanol–water partition coefficient (Wildman–Crippen LogP) is 3.38. The number of hydrogen-bond acceptors (Lipinski definition) is 4. The lowest BCUT2D eigenvalue weighted by atomic mass is 10.0. The van der Waals surface area contributed by atoms with Crippen LogP contribution < -0.4 is 10.1 Å². The fraction of sp³-hybridized carbons (Fsp3) is 0.217. The molecule has 1 saturated heterocycles. The van der Waals surface area contributed by atoms with E-state index in [4.69, 9.17) is 4.74 Å². The number of pyridine rings is 1. The molecule has 2 aromatic carbocycles. The zero-order valence-corrected chi connectivity index (χ0v) is 15.9. The van der Waals surface area contributed by atoms with Gasteiger partial charge in [-0.1, -0.05) is 42.5 Å². The fourth-order valence-corrected chi connectivity index (χ4v) is 3.49. The van der Waals surface area contributed by atoms with Crippen molar-refractivity contribution in [1.29, 1.82) is 0 Å². The highest BCUT2D eigenvalue weighted by Crippen LogP contribution is 2.26. The summed E-state index contributed by atoms with van der Waals surface area (Å²) in [6.45, 7) is 2.06. The molecule has 1 N–H and O–H groups in total. The minimum Gasteiger partial charge on any atom is -0.490 e. The van der Waals surface area contributed by atoms with Gasteiger partial charge in [0.05, 0.1) is 17.8 Å². The minimum atomic E-state index is -0.492. The van der Waals surface area contributed by atoms with Crippen molar-refractivity contribution in [2.24, 2.45) is 0 Å². The molecule has 29 heavy (non-hydrogen) atoms. The van der Waals surface area contributed by atoms with Gasteiger partial charge in [-0.15, -0.1) is 0 Å². The van der Waals surface area contributed by atoms with Gasteiger partial charge >= 0.3 is 0 Å². The van der Waals surface area contributed by atoms with Gasteiger partial charge in [0.1, 0.15) is 18.2 Å². The first kappa shape index (κ1) is 19.1. The Kier molecular flexibility index (Phi) is 5.81. The van der Waals surface area contributed by atoms with Crippen LogP contribution in [0.25, 0.3) is 11.1 Å². The Balaban J connectivity index is 1.55. The molecule has 1 fully saturated rings. The normalized spacial score (nSPS) is 16.4. The van der Waals surface area contributed by atoms with Gasteiger partial charge in [0, 0.05) is 31.4 Å². The lowest BCUT2D eigenvalue weighted by molar-refractivity contribution is 0.0554.